The van der Waals surface area contributed by atoms with Gasteiger partial charge >= 0.3 is 0 Å². The van der Waals surface area contributed by atoms with Crippen molar-refractivity contribution in [2.45, 2.75) is 26.7 Å². The molecule has 2 aromatic rings. The van der Waals surface area contributed by atoms with Crippen molar-refractivity contribution < 1.29 is 14.0 Å². The molecule has 1 aliphatic rings. The van der Waals surface area contributed by atoms with E-state index in [-0.39, 0.29) is 17.7 Å². The van der Waals surface area contributed by atoms with E-state index in [0.29, 0.717) is 25.9 Å². The molecule has 1 fully saturated rings. The molecule has 1 atom stereocenters. The Morgan fingerprint density at radius 2 is 2.14 bits per heavy atom. The van der Waals surface area contributed by atoms with Crippen molar-refractivity contribution in [2.24, 2.45) is 11.7 Å². The van der Waals surface area contributed by atoms with E-state index in [2.05, 4.69) is 0 Å². The monoisotopic (exact) mass is 300 g/mol. The number of nitrogens with zero attached hydrogens (tertiary/aromatic N) is 1. The van der Waals surface area contributed by atoms with Crippen LogP contribution in [0, 0.1) is 19.8 Å². The van der Waals surface area contributed by atoms with Crippen LogP contribution in [0.2, 0.25) is 0 Å². The molecule has 0 radical (unpaired) electrons. The number of nitrogens with two attached hydrogens (primary N) is 1. The zero-order chi connectivity index (χ0) is 15.9. The van der Waals surface area contributed by atoms with Crippen molar-refractivity contribution in [3.63, 3.8) is 0 Å². The van der Waals surface area contributed by atoms with Gasteiger partial charge in [0.05, 0.1) is 18.6 Å². The molecule has 1 aromatic carbocycles. The molecule has 3 rings (SSSR count). The van der Waals surface area contributed by atoms with Gasteiger partial charge in [0.15, 0.2) is 0 Å². The zero-order valence-corrected chi connectivity index (χ0v) is 12.9. The van der Waals surface area contributed by atoms with E-state index in [1.54, 1.807) is 11.2 Å². The van der Waals surface area contributed by atoms with E-state index in [4.69, 9.17) is 10.2 Å². The van der Waals surface area contributed by atoms with Crippen LogP contribution in [0.3, 0.4) is 0 Å². The van der Waals surface area contributed by atoms with Gasteiger partial charge in [0, 0.05) is 24.0 Å². The van der Waals surface area contributed by atoms with Crippen LogP contribution in [0.1, 0.15) is 23.1 Å². The summed E-state index contributed by atoms with van der Waals surface area (Å²) in [5.41, 5.74) is 9.32. The van der Waals surface area contributed by atoms with Crippen LogP contribution in [0.25, 0.3) is 11.0 Å². The Balaban J connectivity index is 1.78. The molecule has 0 aliphatic carbocycles. The molecule has 0 spiro atoms. The summed E-state index contributed by atoms with van der Waals surface area (Å²) in [6, 6.07) is 4.04. The molecule has 1 saturated heterocycles. The summed E-state index contributed by atoms with van der Waals surface area (Å²) in [7, 11) is 0. The molecule has 1 aromatic heterocycles. The van der Waals surface area contributed by atoms with Gasteiger partial charge in [0.1, 0.15) is 5.58 Å². The van der Waals surface area contributed by atoms with E-state index < -0.39 is 0 Å². The zero-order valence-electron chi connectivity index (χ0n) is 12.9. The smallest absolute Gasteiger partial charge is 0.227 e. The lowest BCUT2D eigenvalue weighted by Gasteiger charge is -2.15. The third-order valence-corrected chi connectivity index (χ3v) is 4.63. The minimum absolute atomic E-state index is 0.0182. The number of hydrogen-bond donors (Lipinski definition) is 1. The highest BCUT2D eigenvalue weighted by molar-refractivity contribution is 5.90. The molecule has 22 heavy (non-hydrogen) atoms. The van der Waals surface area contributed by atoms with Crippen molar-refractivity contribution in [1.82, 2.24) is 4.90 Å². The first-order valence-corrected chi connectivity index (χ1v) is 7.50. The average Bonchev–Trinajstić information content (AvgIpc) is 3.10. The number of amides is 2. The Hall–Kier alpha value is -2.30. The minimum Gasteiger partial charge on any atom is -0.464 e. The quantitative estimate of drug-likeness (QED) is 0.941. The number of carbonyl (C=O) groups excluding carboxylic acids is 2. The molecule has 5 nitrogen and oxygen atoms in total. The largest absolute Gasteiger partial charge is 0.464 e. The normalized spacial score (nSPS) is 18.1. The highest BCUT2D eigenvalue weighted by Gasteiger charge is 2.29. The number of furan rings is 1. The van der Waals surface area contributed by atoms with Crippen molar-refractivity contribution in [1.29, 1.82) is 0 Å². The summed E-state index contributed by atoms with van der Waals surface area (Å²) < 4.78 is 5.64. The Kier molecular flexibility index (Phi) is 3.64. The molecular formula is C17H20N2O3. The number of aryl methyl sites for hydroxylation is 2. The van der Waals surface area contributed by atoms with Gasteiger partial charge in [-0.2, -0.15) is 0 Å². The van der Waals surface area contributed by atoms with Crippen LogP contribution in [-0.4, -0.2) is 29.8 Å². The average molecular weight is 300 g/mol. The van der Waals surface area contributed by atoms with Crippen molar-refractivity contribution in [3.8, 4) is 0 Å². The lowest BCUT2D eigenvalue weighted by Crippen LogP contribution is -2.32. The fourth-order valence-electron chi connectivity index (χ4n) is 3.02. The van der Waals surface area contributed by atoms with Crippen LogP contribution in [-0.2, 0) is 16.0 Å². The summed E-state index contributed by atoms with van der Waals surface area (Å²) in [5, 5.41) is 0.988. The predicted octanol–water partition coefficient (Wildman–Crippen LogP) is 1.93. The van der Waals surface area contributed by atoms with Crippen LogP contribution < -0.4 is 5.73 Å². The van der Waals surface area contributed by atoms with E-state index >= 15 is 0 Å². The van der Waals surface area contributed by atoms with Gasteiger partial charge in [-0.3, -0.25) is 9.59 Å². The first kappa shape index (κ1) is 14.6. The number of likely N-dealkylation sites (tertiary alicyclic amines) is 1. The molecule has 2 amide bonds. The molecule has 2 N–H and O–H groups in total. The maximum Gasteiger partial charge on any atom is 0.227 e. The first-order valence-electron chi connectivity index (χ1n) is 7.50. The van der Waals surface area contributed by atoms with Gasteiger partial charge in [-0.1, -0.05) is 12.1 Å². The van der Waals surface area contributed by atoms with E-state index in [1.165, 1.54) is 5.56 Å². The summed E-state index contributed by atoms with van der Waals surface area (Å²) >= 11 is 0. The molecule has 116 valence electrons. The second-order valence-corrected chi connectivity index (χ2v) is 6.05. The Labute approximate surface area is 129 Å². The van der Waals surface area contributed by atoms with Crippen molar-refractivity contribution in [3.05, 3.63) is 35.1 Å². The van der Waals surface area contributed by atoms with Crippen LogP contribution in [0.4, 0.5) is 0 Å². The van der Waals surface area contributed by atoms with Crippen molar-refractivity contribution >= 4 is 22.8 Å². The maximum atomic E-state index is 12.4. The topological polar surface area (TPSA) is 76.5 Å². The van der Waals surface area contributed by atoms with E-state index in [1.807, 2.05) is 26.0 Å². The Morgan fingerprint density at radius 1 is 1.36 bits per heavy atom. The molecule has 2 heterocycles. The predicted molar refractivity (Wildman–Crippen MR) is 83.3 cm³/mol. The SMILES string of the molecule is Cc1ccc2c(CC(=O)N3CCC(C(N)=O)C3)coc2c1C. The third-order valence-electron chi connectivity index (χ3n) is 4.63. The highest BCUT2D eigenvalue weighted by Crippen LogP contribution is 2.27. The Bertz CT molecular complexity index is 748. The van der Waals surface area contributed by atoms with Crippen LogP contribution in [0.15, 0.2) is 22.8 Å². The van der Waals surface area contributed by atoms with Crippen LogP contribution in [0.5, 0.6) is 0 Å². The van der Waals surface area contributed by atoms with Crippen LogP contribution >= 0.6 is 0 Å². The molecule has 1 aliphatic heterocycles. The number of carbonyl (C=O) groups is 2. The first-order chi connectivity index (χ1) is 10.5. The van der Waals surface area contributed by atoms with Crippen molar-refractivity contribution in [2.75, 3.05) is 13.1 Å². The number of fused-ring (bicyclic) bond motifs is 1. The third kappa shape index (κ3) is 2.47. The lowest BCUT2D eigenvalue weighted by molar-refractivity contribution is -0.129. The molecular weight excluding hydrogens is 280 g/mol. The number of hydrogen-bond acceptors (Lipinski definition) is 3. The standard InChI is InChI=1S/C17H20N2O3/c1-10-3-4-14-13(9-22-16(14)11(10)2)7-15(20)19-6-5-12(8-19)17(18)21/h3-4,9,12H,5-8H2,1-2H3,(H2,18,21). The maximum absolute atomic E-state index is 12.4. The second-order valence-electron chi connectivity index (χ2n) is 6.05. The number of benzene rings is 1. The molecule has 5 heteroatoms. The highest BCUT2D eigenvalue weighted by atomic mass is 16.3. The summed E-state index contributed by atoms with van der Waals surface area (Å²) in [4.78, 5) is 25.3. The number of rotatable bonds is 3. The lowest BCUT2D eigenvalue weighted by atomic mass is 10.0. The van der Waals surface area contributed by atoms with E-state index in [0.717, 1.165) is 22.1 Å². The molecule has 0 saturated carbocycles. The second kappa shape index (κ2) is 5.48. The van der Waals surface area contributed by atoms with Gasteiger partial charge in [0.25, 0.3) is 0 Å². The van der Waals surface area contributed by atoms with Gasteiger partial charge in [-0.25, -0.2) is 0 Å². The van der Waals surface area contributed by atoms with Gasteiger partial charge in [-0.05, 0) is 31.4 Å². The molecule has 1 unspecified atom stereocenters. The van der Waals surface area contributed by atoms with Gasteiger partial charge < -0.3 is 15.1 Å². The summed E-state index contributed by atoms with van der Waals surface area (Å²) in [6.45, 7) is 5.09. The Morgan fingerprint density at radius 3 is 2.82 bits per heavy atom. The minimum atomic E-state index is -0.324. The number of primary amides is 1. The summed E-state index contributed by atoms with van der Waals surface area (Å²) in [6.07, 6.45) is 2.61. The summed E-state index contributed by atoms with van der Waals surface area (Å²) in [5.74, 6) is -0.519. The fourth-order valence-corrected chi connectivity index (χ4v) is 3.02. The van der Waals surface area contributed by atoms with Gasteiger partial charge in [-0.15, -0.1) is 0 Å². The fraction of sp³-hybridized carbons (Fsp3) is 0.412. The molecule has 0 bridgehead atoms. The van der Waals surface area contributed by atoms with Gasteiger partial charge in [0.2, 0.25) is 11.8 Å². The van der Waals surface area contributed by atoms with E-state index in [9.17, 15) is 9.59 Å².